The van der Waals surface area contributed by atoms with E-state index in [1.165, 1.54) is 17.8 Å². The Morgan fingerprint density at radius 2 is 1.86 bits per heavy atom. The van der Waals surface area contributed by atoms with Crippen LogP contribution in [-0.2, 0) is 10.0 Å². The van der Waals surface area contributed by atoms with E-state index in [2.05, 4.69) is 4.72 Å². The molecule has 0 radical (unpaired) electrons. The molecule has 0 fully saturated rings. The standard InChI is InChI=1S/C14H15FN2O2S2/c15-13-10-11(16)6-7-14(13)21(18,19)17-8-9-20-12-4-2-1-3-5-12/h1-7,10,17H,8-9,16H2. The fraction of sp³-hybridized carbons (Fsp3) is 0.143. The lowest BCUT2D eigenvalue weighted by atomic mass is 10.3. The lowest BCUT2D eigenvalue weighted by Crippen LogP contribution is -2.26. The van der Waals surface area contributed by atoms with E-state index in [1.807, 2.05) is 30.3 Å². The summed E-state index contributed by atoms with van der Waals surface area (Å²) >= 11 is 1.52. The summed E-state index contributed by atoms with van der Waals surface area (Å²) in [5.41, 5.74) is 5.58. The zero-order valence-electron chi connectivity index (χ0n) is 11.1. The van der Waals surface area contributed by atoms with Gasteiger partial charge in [0.15, 0.2) is 0 Å². The van der Waals surface area contributed by atoms with E-state index in [4.69, 9.17) is 5.73 Å². The highest BCUT2D eigenvalue weighted by atomic mass is 32.2. The molecule has 0 amide bonds. The van der Waals surface area contributed by atoms with Crippen LogP contribution in [0.5, 0.6) is 0 Å². The Morgan fingerprint density at radius 3 is 2.52 bits per heavy atom. The fourth-order valence-electron chi connectivity index (χ4n) is 1.67. The Hall–Kier alpha value is -1.57. The number of anilines is 1. The molecule has 4 nitrogen and oxygen atoms in total. The minimum absolute atomic E-state index is 0.186. The summed E-state index contributed by atoms with van der Waals surface area (Å²) in [4.78, 5) is 0.664. The molecule has 0 spiro atoms. The number of nitrogens with two attached hydrogens (primary N) is 1. The number of sulfonamides is 1. The second kappa shape index (κ2) is 6.93. The Kier molecular flexibility index (Phi) is 5.22. The molecule has 0 saturated carbocycles. The number of hydrogen-bond donors (Lipinski definition) is 2. The average molecular weight is 326 g/mol. The minimum atomic E-state index is -3.86. The number of halogens is 1. The van der Waals surface area contributed by atoms with Crippen LogP contribution in [0.4, 0.5) is 10.1 Å². The molecule has 0 heterocycles. The van der Waals surface area contributed by atoms with Gasteiger partial charge in [-0.2, -0.15) is 0 Å². The van der Waals surface area contributed by atoms with Gasteiger partial charge < -0.3 is 5.73 Å². The molecule has 0 bridgehead atoms. The largest absolute Gasteiger partial charge is 0.399 e. The zero-order chi connectivity index (χ0) is 15.3. The Balaban J connectivity index is 1.92. The van der Waals surface area contributed by atoms with E-state index in [-0.39, 0.29) is 17.1 Å². The lowest BCUT2D eigenvalue weighted by Gasteiger charge is -2.08. The van der Waals surface area contributed by atoms with E-state index in [0.29, 0.717) is 5.75 Å². The summed E-state index contributed by atoms with van der Waals surface area (Å²) in [7, 11) is -3.86. The van der Waals surface area contributed by atoms with Crippen molar-refractivity contribution in [3.05, 3.63) is 54.3 Å². The number of hydrogen-bond acceptors (Lipinski definition) is 4. The smallest absolute Gasteiger partial charge is 0.243 e. The van der Waals surface area contributed by atoms with Crippen LogP contribution in [-0.4, -0.2) is 20.7 Å². The van der Waals surface area contributed by atoms with Crippen LogP contribution in [0.3, 0.4) is 0 Å². The van der Waals surface area contributed by atoms with E-state index < -0.39 is 15.8 Å². The Bertz CT molecular complexity index is 706. The van der Waals surface area contributed by atoms with Crippen molar-refractivity contribution in [3.8, 4) is 0 Å². The van der Waals surface area contributed by atoms with Crippen LogP contribution in [0.2, 0.25) is 0 Å². The van der Waals surface area contributed by atoms with Crippen LogP contribution < -0.4 is 10.5 Å². The van der Waals surface area contributed by atoms with Crippen molar-refractivity contribution in [1.29, 1.82) is 0 Å². The van der Waals surface area contributed by atoms with Crippen molar-refractivity contribution < 1.29 is 12.8 Å². The maximum atomic E-state index is 13.6. The topological polar surface area (TPSA) is 72.2 Å². The minimum Gasteiger partial charge on any atom is -0.399 e. The zero-order valence-corrected chi connectivity index (χ0v) is 12.8. The van der Waals surface area contributed by atoms with Gasteiger partial charge in [0.25, 0.3) is 0 Å². The van der Waals surface area contributed by atoms with Gasteiger partial charge in [-0.05, 0) is 30.3 Å². The molecule has 3 N–H and O–H groups in total. The quantitative estimate of drug-likeness (QED) is 0.486. The second-order valence-electron chi connectivity index (χ2n) is 4.25. The van der Waals surface area contributed by atoms with E-state index in [0.717, 1.165) is 17.0 Å². The van der Waals surface area contributed by atoms with E-state index in [1.54, 1.807) is 0 Å². The van der Waals surface area contributed by atoms with Crippen molar-refractivity contribution in [3.63, 3.8) is 0 Å². The van der Waals surface area contributed by atoms with Crippen molar-refractivity contribution in [2.45, 2.75) is 9.79 Å². The van der Waals surface area contributed by atoms with Gasteiger partial charge in [0.2, 0.25) is 10.0 Å². The fourth-order valence-corrected chi connectivity index (χ4v) is 3.68. The molecule has 2 aromatic carbocycles. The van der Waals surface area contributed by atoms with Crippen LogP contribution in [0.25, 0.3) is 0 Å². The molecule has 21 heavy (non-hydrogen) atoms. The summed E-state index contributed by atoms with van der Waals surface area (Å²) in [6, 6.07) is 13.1. The molecule has 0 aromatic heterocycles. The Morgan fingerprint density at radius 1 is 1.14 bits per heavy atom. The lowest BCUT2D eigenvalue weighted by molar-refractivity contribution is 0.559. The van der Waals surface area contributed by atoms with E-state index in [9.17, 15) is 12.8 Å². The highest BCUT2D eigenvalue weighted by molar-refractivity contribution is 7.99. The molecular formula is C14H15FN2O2S2. The van der Waals surface area contributed by atoms with Gasteiger partial charge in [-0.1, -0.05) is 18.2 Å². The van der Waals surface area contributed by atoms with Crippen LogP contribution >= 0.6 is 11.8 Å². The second-order valence-corrected chi connectivity index (χ2v) is 7.15. The third-order valence-electron chi connectivity index (χ3n) is 2.65. The van der Waals surface area contributed by atoms with Gasteiger partial charge in [-0.3, -0.25) is 0 Å². The number of rotatable bonds is 6. The summed E-state index contributed by atoms with van der Waals surface area (Å²) in [5, 5.41) is 0. The predicted octanol–water partition coefficient (Wildman–Crippen LogP) is 2.48. The molecule has 0 aliphatic rings. The number of thioether (sulfide) groups is 1. The number of nitrogen functional groups attached to an aromatic ring is 1. The van der Waals surface area contributed by atoms with Gasteiger partial charge in [0.1, 0.15) is 10.7 Å². The third kappa shape index (κ3) is 4.45. The SMILES string of the molecule is Nc1ccc(S(=O)(=O)NCCSc2ccccc2)c(F)c1. The molecular weight excluding hydrogens is 311 g/mol. The van der Waals surface area contributed by atoms with Crippen molar-refractivity contribution in [1.82, 2.24) is 4.72 Å². The number of nitrogens with one attached hydrogen (secondary N) is 1. The first kappa shape index (κ1) is 15.8. The van der Waals surface area contributed by atoms with Crippen molar-refractivity contribution in [2.24, 2.45) is 0 Å². The first-order chi connectivity index (χ1) is 9.99. The third-order valence-corrected chi connectivity index (χ3v) is 5.16. The molecule has 2 aromatic rings. The average Bonchev–Trinajstić information content (AvgIpc) is 2.44. The van der Waals surface area contributed by atoms with Gasteiger partial charge in [0, 0.05) is 22.9 Å². The van der Waals surface area contributed by atoms with Crippen LogP contribution in [0.1, 0.15) is 0 Å². The first-order valence-corrected chi connectivity index (χ1v) is 8.68. The highest BCUT2D eigenvalue weighted by Gasteiger charge is 2.18. The molecule has 112 valence electrons. The molecule has 0 aliphatic heterocycles. The maximum absolute atomic E-state index is 13.6. The maximum Gasteiger partial charge on any atom is 0.243 e. The molecule has 7 heteroatoms. The molecule has 0 aliphatic carbocycles. The summed E-state index contributed by atoms with van der Waals surface area (Å²) in [6.07, 6.45) is 0. The monoisotopic (exact) mass is 326 g/mol. The van der Waals surface area contributed by atoms with Crippen molar-refractivity contribution in [2.75, 3.05) is 18.0 Å². The van der Waals surface area contributed by atoms with Crippen LogP contribution in [0.15, 0.2) is 58.3 Å². The Labute approximate surface area is 127 Å². The predicted molar refractivity (Wildman–Crippen MR) is 83.2 cm³/mol. The van der Waals surface area contributed by atoms with Gasteiger partial charge in [-0.25, -0.2) is 17.5 Å². The number of benzene rings is 2. The van der Waals surface area contributed by atoms with Crippen LogP contribution in [0, 0.1) is 5.82 Å². The highest BCUT2D eigenvalue weighted by Crippen LogP contribution is 2.18. The molecule has 0 atom stereocenters. The molecule has 0 unspecified atom stereocenters. The summed E-state index contributed by atoms with van der Waals surface area (Å²) < 4.78 is 39.9. The summed E-state index contributed by atoms with van der Waals surface area (Å²) in [6.45, 7) is 0.214. The normalized spacial score (nSPS) is 11.5. The first-order valence-electron chi connectivity index (χ1n) is 6.21. The molecule has 0 saturated heterocycles. The van der Waals surface area contributed by atoms with E-state index >= 15 is 0 Å². The van der Waals surface area contributed by atoms with Crippen molar-refractivity contribution >= 4 is 27.5 Å². The summed E-state index contributed by atoms with van der Waals surface area (Å²) in [5.74, 6) is -0.293. The van der Waals surface area contributed by atoms with Gasteiger partial charge in [-0.15, -0.1) is 11.8 Å². The van der Waals surface area contributed by atoms with Gasteiger partial charge >= 0.3 is 0 Å². The molecule has 2 rings (SSSR count). The van der Waals surface area contributed by atoms with Gasteiger partial charge in [0.05, 0.1) is 0 Å².